The van der Waals surface area contributed by atoms with Gasteiger partial charge in [0.05, 0.1) is 25.9 Å². The Labute approximate surface area is 105 Å². The zero-order valence-corrected chi connectivity index (χ0v) is 11.0. The van der Waals surface area contributed by atoms with Gasteiger partial charge < -0.3 is 19.7 Å². The first-order valence-corrected chi connectivity index (χ1v) is 7.01. The molecule has 0 radical (unpaired) electrons. The fraction of sp³-hybridized carbons (Fsp3) is 1.00. The van der Waals surface area contributed by atoms with Gasteiger partial charge in [-0.05, 0) is 38.4 Å². The van der Waals surface area contributed by atoms with E-state index in [1.807, 2.05) is 0 Å². The molecule has 0 bridgehead atoms. The maximum absolute atomic E-state index is 5.69. The predicted molar refractivity (Wildman–Crippen MR) is 68.3 cm³/mol. The van der Waals surface area contributed by atoms with Crippen molar-refractivity contribution in [2.24, 2.45) is 5.92 Å². The van der Waals surface area contributed by atoms with Crippen LogP contribution in [-0.4, -0.2) is 63.5 Å². The zero-order valence-electron chi connectivity index (χ0n) is 11.0. The van der Waals surface area contributed by atoms with Crippen LogP contribution in [0.5, 0.6) is 0 Å². The number of hydrogen-bond acceptors (Lipinski definition) is 4. The predicted octanol–water partition coefficient (Wildman–Crippen LogP) is 0.723. The lowest BCUT2D eigenvalue weighted by Crippen LogP contribution is -2.39. The summed E-state index contributed by atoms with van der Waals surface area (Å²) in [5.41, 5.74) is 0. The Bertz CT molecular complexity index is 208. The molecule has 0 aromatic rings. The van der Waals surface area contributed by atoms with E-state index in [0.29, 0.717) is 6.10 Å². The highest BCUT2D eigenvalue weighted by atomic mass is 16.6. The number of hydrogen-bond donors (Lipinski definition) is 1. The van der Waals surface area contributed by atoms with Crippen LogP contribution in [0.1, 0.15) is 19.8 Å². The number of ether oxygens (including phenoxy) is 2. The van der Waals surface area contributed by atoms with Crippen molar-refractivity contribution in [3.05, 3.63) is 0 Å². The third-order valence-corrected chi connectivity index (χ3v) is 3.58. The molecule has 2 atom stereocenters. The summed E-state index contributed by atoms with van der Waals surface area (Å²) in [7, 11) is 0. The van der Waals surface area contributed by atoms with Crippen LogP contribution in [0.2, 0.25) is 0 Å². The fourth-order valence-corrected chi connectivity index (χ4v) is 2.66. The quantitative estimate of drug-likeness (QED) is 0.696. The lowest BCUT2D eigenvalue weighted by atomic mass is 10.1. The minimum atomic E-state index is 0.297. The monoisotopic (exact) mass is 242 g/mol. The molecule has 0 saturated carbocycles. The molecular weight excluding hydrogens is 216 g/mol. The van der Waals surface area contributed by atoms with Crippen LogP contribution in [0.4, 0.5) is 0 Å². The van der Waals surface area contributed by atoms with E-state index in [2.05, 4.69) is 17.1 Å². The summed E-state index contributed by atoms with van der Waals surface area (Å²) in [6.07, 6.45) is 2.85. The molecule has 2 heterocycles. The molecule has 2 unspecified atom stereocenters. The Balaban J connectivity index is 1.60. The largest absolute Gasteiger partial charge is 0.376 e. The van der Waals surface area contributed by atoms with Gasteiger partial charge in [0, 0.05) is 13.1 Å². The molecule has 4 heteroatoms. The molecule has 2 rings (SSSR count). The number of nitrogens with one attached hydrogen (secondary N) is 1. The van der Waals surface area contributed by atoms with E-state index in [1.54, 1.807) is 0 Å². The van der Waals surface area contributed by atoms with Gasteiger partial charge >= 0.3 is 0 Å². The first-order chi connectivity index (χ1) is 8.38. The number of rotatable bonds is 6. The summed E-state index contributed by atoms with van der Waals surface area (Å²) in [6, 6.07) is 0. The normalized spacial score (nSPS) is 30.9. The van der Waals surface area contributed by atoms with Gasteiger partial charge in [-0.25, -0.2) is 0 Å². The Hall–Kier alpha value is -0.160. The first kappa shape index (κ1) is 13.3. The van der Waals surface area contributed by atoms with E-state index >= 15 is 0 Å². The molecule has 100 valence electrons. The van der Waals surface area contributed by atoms with Gasteiger partial charge in [-0.1, -0.05) is 6.92 Å². The van der Waals surface area contributed by atoms with E-state index < -0.39 is 0 Å². The second-order valence-electron chi connectivity index (χ2n) is 5.19. The molecular formula is C13H26N2O2. The van der Waals surface area contributed by atoms with Gasteiger partial charge in [-0.2, -0.15) is 0 Å². The van der Waals surface area contributed by atoms with Crippen molar-refractivity contribution < 1.29 is 9.47 Å². The molecule has 4 nitrogen and oxygen atoms in total. The first-order valence-electron chi connectivity index (χ1n) is 7.01. The van der Waals surface area contributed by atoms with Crippen molar-refractivity contribution in [2.75, 3.05) is 52.5 Å². The molecule has 0 aliphatic carbocycles. The number of nitrogens with zero attached hydrogens (tertiary/aromatic N) is 1. The average molecular weight is 242 g/mol. The SMILES string of the molecule is CCCNCC1CCN(CC2COCCO2)C1. The summed E-state index contributed by atoms with van der Waals surface area (Å²) < 4.78 is 11.1. The fourth-order valence-electron chi connectivity index (χ4n) is 2.66. The van der Waals surface area contributed by atoms with Crippen LogP contribution >= 0.6 is 0 Å². The van der Waals surface area contributed by atoms with Gasteiger partial charge in [-0.15, -0.1) is 0 Å². The summed E-state index contributed by atoms with van der Waals surface area (Å²) >= 11 is 0. The van der Waals surface area contributed by atoms with Gasteiger partial charge in [0.15, 0.2) is 0 Å². The number of likely N-dealkylation sites (tertiary alicyclic amines) is 1. The molecule has 0 aromatic heterocycles. The lowest BCUT2D eigenvalue weighted by molar-refractivity contribution is -0.0961. The summed E-state index contributed by atoms with van der Waals surface area (Å²) in [6.45, 7) is 10.3. The average Bonchev–Trinajstić information content (AvgIpc) is 2.79. The van der Waals surface area contributed by atoms with Crippen LogP contribution in [0.25, 0.3) is 0 Å². The van der Waals surface area contributed by atoms with E-state index in [-0.39, 0.29) is 0 Å². The molecule has 0 spiro atoms. The molecule has 0 amide bonds. The second kappa shape index (κ2) is 7.31. The van der Waals surface area contributed by atoms with Crippen LogP contribution in [0, 0.1) is 5.92 Å². The molecule has 2 aliphatic rings. The molecule has 2 aliphatic heterocycles. The van der Waals surface area contributed by atoms with Crippen LogP contribution in [-0.2, 0) is 9.47 Å². The minimum Gasteiger partial charge on any atom is -0.376 e. The Morgan fingerprint density at radius 2 is 2.29 bits per heavy atom. The highest BCUT2D eigenvalue weighted by Crippen LogP contribution is 2.16. The summed E-state index contributed by atoms with van der Waals surface area (Å²) in [5.74, 6) is 0.825. The zero-order chi connectivity index (χ0) is 11.9. The third kappa shape index (κ3) is 4.54. The molecule has 1 N–H and O–H groups in total. The Morgan fingerprint density at radius 1 is 1.35 bits per heavy atom. The molecule has 17 heavy (non-hydrogen) atoms. The minimum absolute atomic E-state index is 0.297. The van der Waals surface area contributed by atoms with Gasteiger partial charge in [-0.3, -0.25) is 0 Å². The molecule has 0 aromatic carbocycles. The third-order valence-electron chi connectivity index (χ3n) is 3.58. The molecule has 2 saturated heterocycles. The van der Waals surface area contributed by atoms with E-state index in [0.717, 1.165) is 38.8 Å². The highest BCUT2D eigenvalue weighted by molar-refractivity contribution is 4.79. The Morgan fingerprint density at radius 3 is 3.06 bits per heavy atom. The Kier molecular flexibility index (Phi) is 5.71. The van der Waals surface area contributed by atoms with Gasteiger partial charge in [0.1, 0.15) is 0 Å². The lowest BCUT2D eigenvalue weighted by Gasteiger charge is -2.27. The topological polar surface area (TPSA) is 33.7 Å². The van der Waals surface area contributed by atoms with E-state index in [1.165, 1.54) is 32.5 Å². The van der Waals surface area contributed by atoms with Crippen molar-refractivity contribution in [1.29, 1.82) is 0 Å². The van der Waals surface area contributed by atoms with Gasteiger partial charge in [0.25, 0.3) is 0 Å². The standard InChI is InChI=1S/C13H26N2O2/c1-2-4-14-8-12-3-5-15(9-12)10-13-11-16-6-7-17-13/h12-14H,2-11H2,1H3. The van der Waals surface area contributed by atoms with Crippen LogP contribution < -0.4 is 5.32 Å². The maximum atomic E-state index is 5.69. The second-order valence-corrected chi connectivity index (χ2v) is 5.19. The van der Waals surface area contributed by atoms with Crippen molar-refractivity contribution in [1.82, 2.24) is 10.2 Å². The van der Waals surface area contributed by atoms with E-state index in [9.17, 15) is 0 Å². The summed E-state index contributed by atoms with van der Waals surface area (Å²) in [4.78, 5) is 2.53. The van der Waals surface area contributed by atoms with Crippen LogP contribution in [0.3, 0.4) is 0 Å². The van der Waals surface area contributed by atoms with Crippen LogP contribution in [0.15, 0.2) is 0 Å². The van der Waals surface area contributed by atoms with Crippen molar-refractivity contribution in [3.63, 3.8) is 0 Å². The maximum Gasteiger partial charge on any atom is 0.0936 e. The van der Waals surface area contributed by atoms with Gasteiger partial charge in [0.2, 0.25) is 0 Å². The van der Waals surface area contributed by atoms with Crippen molar-refractivity contribution >= 4 is 0 Å². The summed E-state index contributed by atoms with van der Waals surface area (Å²) in [5, 5.41) is 3.52. The molecule has 2 fully saturated rings. The van der Waals surface area contributed by atoms with E-state index in [4.69, 9.17) is 9.47 Å². The smallest absolute Gasteiger partial charge is 0.0936 e. The highest BCUT2D eigenvalue weighted by Gasteiger charge is 2.25. The van der Waals surface area contributed by atoms with Crippen molar-refractivity contribution in [2.45, 2.75) is 25.9 Å². The van der Waals surface area contributed by atoms with Crippen molar-refractivity contribution in [3.8, 4) is 0 Å².